The quantitative estimate of drug-likeness (QED) is 0.733. The standard InChI is InChI=1S/C18H16Cl2N2O/c1-2-13-14-8-7-11(18(21)23)9-16(14)22(17(13)20)10-12-5-3-4-6-15(12)19/h3-9H,2,10H2,1H3,(H2,21,23). The Balaban J connectivity index is 2.22. The third-order valence-corrected chi connectivity index (χ3v) is 4.82. The molecule has 2 aromatic carbocycles. The van der Waals surface area contributed by atoms with Crippen LogP contribution in [0.2, 0.25) is 10.2 Å². The van der Waals surface area contributed by atoms with E-state index in [2.05, 4.69) is 6.92 Å². The summed E-state index contributed by atoms with van der Waals surface area (Å²) in [5.74, 6) is -0.452. The zero-order valence-electron chi connectivity index (χ0n) is 12.6. The molecule has 3 nitrogen and oxygen atoms in total. The fraction of sp³-hybridized carbons (Fsp3) is 0.167. The third-order valence-electron chi connectivity index (χ3n) is 4.02. The van der Waals surface area contributed by atoms with Crippen LogP contribution in [0.3, 0.4) is 0 Å². The van der Waals surface area contributed by atoms with Crippen LogP contribution in [-0.2, 0) is 13.0 Å². The second kappa shape index (κ2) is 6.26. The highest BCUT2D eigenvalue weighted by atomic mass is 35.5. The average molecular weight is 347 g/mol. The van der Waals surface area contributed by atoms with Crippen molar-refractivity contribution in [1.82, 2.24) is 4.57 Å². The zero-order chi connectivity index (χ0) is 16.6. The fourth-order valence-electron chi connectivity index (χ4n) is 2.83. The van der Waals surface area contributed by atoms with Gasteiger partial charge in [-0.05, 0) is 35.7 Å². The van der Waals surface area contributed by atoms with E-state index in [1.807, 2.05) is 34.9 Å². The maximum atomic E-state index is 11.5. The molecule has 0 unspecified atom stereocenters. The number of fused-ring (bicyclic) bond motifs is 1. The van der Waals surface area contributed by atoms with Gasteiger partial charge in [-0.25, -0.2) is 0 Å². The van der Waals surface area contributed by atoms with Gasteiger partial charge in [-0.1, -0.05) is 54.4 Å². The molecule has 0 bridgehead atoms. The molecule has 0 aliphatic carbocycles. The van der Waals surface area contributed by atoms with Crippen LogP contribution in [0.1, 0.15) is 28.4 Å². The number of hydrogen-bond donors (Lipinski definition) is 1. The molecule has 2 N–H and O–H groups in total. The van der Waals surface area contributed by atoms with Crippen molar-refractivity contribution in [2.24, 2.45) is 5.73 Å². The van der Waals surface area contributed by atoms with Crippen LogP contribution in [0.5, 0.6) is 0 Å². The number of aromatic nitrogens is 1. The van der Waals surface area contributed by atoms with E-state index in [0.29, 0.717) is 22.3 Å². The number of halogens is 2. The maximum Gasteiger partial charge on any atom is 0.248 e. The van der Waals surface area contributed by atoms with Crippen LogP contribution in [0, 0.1) is 0 Å². The molecule has 118 valence electrons. The van der Waals surface area contributed by atoms with Crippen LogP contribution in [-0.4, -0.2) is 10.5 Å². The summed E-state index contributed by atoms with van der Waals surface area (Å²) >= 11 is 12.9. The van der Waals surface area contributed by atoms with Crippen molar-refractivity contribution in [1.29, 1.82) is 0 Å². The molecule has 0 saturated carbocycles. The van der Waals surface area contributed by atoms with Crippen LogP contribution < -0.4 is 5.73 Å². The van der Waals surface area contributed by atoms with E-state index >= 15 is 0 Å². The maximum absolute atomic E-state index is 11.5. The van der Waals surface area contributed by atoms with E-state index in [4.69, 9.17) is 28.9 Å². The summed E-state index contributed by atoms with van der Waals surface area (Å²) < 4.78 is 1.98. The van der Waals surface area contributed by atoms with Gasteiger partial charge < -0.3 is 10.3 Å². The number of hydrogen-bond acceptors (Lipinski definition) is 1. The summed E-state index contributed by atoms with van der Waals surface area (Å²) in [5, 5.41) is 2.40. The molecule has 3 aromatic rings. The van der Waals surface area contributed by atoms with Crippen molar-refractivity contribution >= 4 is 40.0 Å². The number of aryl methyl sites for hydroxylation is 1. The van der Waals surface area contributed by atoms with E-state index in [1.165, 1.54) is 0 Å². The monoisotopic (exact) mass is 346 g/mol. The third kappa shape index (κ3) is 2.82. The number of amides is 1. The number of nitrogens with zero attached hydrogens (tertiary/aromatic N) is 1. The summed E-state index contributed by atoms with van der Waals surface area (Å²) in [4.78, 5) is 11.5. The molecule has 23 heavy (non-hydrogen) atoms. The number of carbonyl (C=O) groups excluding carboxylic acids is 1. The molecule has 1 aromatic heterocycles. The highest BCUT2D eigenvalue weighted by Crippen LogP contribution is 2.32. The molecule has 0 radical (unpaired) electrons. The van der Waals surface area contributed by atoms with Crippen LogP contribution in [0.4, 0.5) is 0 Å². The van der Waals surface area contributed by atoms with Crippen LogP contribution in [0.25, 0.3) is 10.9 Å². The Bertz CT molecular complexity index is 899. The number of primary amides is 1. The highest BCUT2D eigenvalue weighted by molar-refractivity contribution is 6.32. The minimum Gasteiger partial charge on any atom is -0.366 e. The smallest absolute Gasteiger partial charge is 0.248 e. The topological polar surface area (TPSA) is 48.0 Å². The fourth-order valence-corrected chi connectivity index (χ4v) is 3.41. The lowest BCUT2D eigenvalue weighted by molar-refractivity contribution is 0.100. The average Bonchev–Trinajstić information content (AvgIpc) is 2.80. The van der Waals surface area contributed by atoms with Crippen molar-refractivity contribution in [3.05, 3.63) is 69.3 Å². The number of benzene rings is 2. The number of nitrogens with two attached hydrogens (primary N) is 1. The second-order valence-corrected chi connectivity index (χ2v) is 6.16. The molecule has 0 atom stereocenters. The molecule has 0 saturated heterocycles. The Kier molecular flexibility index (Phi) is 4.33. The van der Waals surface area contributed by atoms with E-state index < -0.39 is 5.91 Å². The molecule has 0 aliphatic rings. The van der Waals surface area contributed by atoms with Gasteiger partial charge in [-0.15, -0.1) is 0 Å². The predicted molar refractivity (Wildman–Crippen MR) is 95.4 cm³/mol. The predicted octanol–water partition coefficient (Wildman–Crippen LogP) is 4.66. The van der Waals surface area contributed by atoms with Gasteiger partial charge in [0, 0.05) is 16.0 Å². The van der Waals surface area contributed by atoms with Gasteiger partial charge in [0.05, 0.1) is 12.1 Å². The minimum absolute atomic E-state index is 0.452. The largest absolute Gasteiger partial charge is 0.366 e. The van der Waals surface area contributed by atoms with Crippen molar-refractivity contribution < 1.29 is 4.79 Å². The van der Waals surface area contributed by atoms with Gasteiger partial charge in [0.1, 0.15) is 5.15 Å². The lowest BCUT2D eigenvalue weighted by atomic mass is 10.1. The summed E-state index contributed by atoms with van der Waals surface area (Å²) in [7, 11) is 0. The molecule has 0 spiro atoms. The molecule has 1 amide bonds. The minimum atomic E-state index is -0.452. The highest BCUT2D eigenvalue weighted by Gasteiger charge is 2.16. The van der Waals surface area contributed by atoms with Gasteiger partial charge in [-0.2, -0.15) is 0 Å². The normalized spacial score (nSPS) is 11.1. The first-order valence-electron chi connectivity index (χ1n) is 7.36. The Morgan fingerprint density at radius 3 is 2.57 bits per heavy atom. The Morgan fingerprint density at radius 1 is 1.17 bits per heavy atom. The van der Waals surface area contributed by atoms with Gasteiger partial charge in [0.2, 0.25) is 5.91 Å². The summed E-state index contributed by atoms with van der Waals surface area (Å²) in [6.45, 7) is 2.60. The Morgan fingerprint density at radius 2 is 1.91 bits per heavy atom. The number of rotatable bonds is 4. The van der Waals surface area contributed by atoms with Crippen molar-refractivity contribution in [3.8, 4) is 0 Å². The molecule has 1 heterocycles. The van der Waals surface area contributed by atoms with E-state index in [9.17, 15) is 4.79 Å². The first kappa shape index (κ1) is 15.9. The van der Waals surface area contributed by atoms with Crippen LogP contribution in [0.15, 0.2) is 42.5 Å². The van der Waals surface area contributed by atoms with E-state index in [1.54, 1.807) is 12.1 Å². The lowest BCUT2D eigenvalue weighted by Gasteiger charge is -2.09. The first-order valence-corrected chi connectivity index (χ1v) is 8.12. The molecular formula is C18H16Cl2N2O. The molecule has 5 heteroatoms. The van der Waals surface area contributed by atoms with Gasteiger partial charge >= 0.3 is 0 Å². The zero-order valence-corrected chi connectivity index (χ0v) is 14.2. The molecule has 0 fully saturated rings. The van der Waals surface area contributed by atoms with Crippen molar-refractivity contribution in [3.63, 3.8) is 0 Å². The van der Waals surface area contributed by atoms with Gasteiger partial charge in [0.25, 0.3) is 0 Å². The SMILES string of the molecule is CCc1c(Cl)n(Cc2ccccc2Cl)c2cc(C(N)=O)ccc12. The Labute approximate surface area is 144 Å². The lowest BCUT2D eigenvalue weighted by Crippen LogP contribution is -2.11. The molecule has 3 rings (SSSR count). The van der Waals surface area contributed by atoms with Crippen molar-refractivity contribution in [2.45, 2.75) is 19.9 Å². The molecular weight excluding hydrogens is 331 g/mol. The van der Waals surface area contributed by atoms with Crippen LogP contribution >= 0.6 is 23.2 Å². The van der Waals surface area contributed by atoms with Gasteiger partial charge in [-0.3, -0.25) is 4.79 Å². The van der Waals surface area contributed by atoms with Gasteiger partial charge in [0.15, 0.2) is 0 Å². The second-order valence-electron chi connectivity index (χ2n) is 5.40. The van der Waals surface area contributed by atoms with E-state index in [0.717, 1.165) is 28.5 Å². The summed E-state index contributed by atoms with van der Waals surface area (Å²) in [5.41, 5.74) is 8.80. The summed E-state index contributed by atoms with van der Waals surface area (Å²) in [6.07, 6.45) is 0.806. The first-order chi connectivity index (χ1) is 11.0. The molecule has 0 aliphatic heterocycles. The number of carbonyl (C=O) groups is 1. The van der Waals surface area contributed by atoms with E-state index in [-0.39, 0.29) is 0 Å². The Hall–Kier alpha value is -1.97. The van der Waals surface area contributed by atoms with Crippen molar-refractivity contribution in [2.75, 3.05) is 0 Å². The summed E-state index contributed by atoms with van der Waals surface area (Å²) in [6, 6.07) is 13.1.